The van der Waals surface area contributed by atoms with Gasteiger partial charge in [-0.05, 0) is 50.2 Å². The maximum absolute atomic E-state index is 12.7. The summed E-state index contributed by atoms with van der Waals surface area (Å²) in [6.07, 6.45) is 2.25. The Hall–Kier alpha value is -2.61. The van der Waals surface area contributed by atoms with E-state index < -0.39 is 0 Å². The molecule has 5 nitrogen and oxygen atoms in total. The highest BCUT2D eigenvalue weighted by Gasteiger charge is 2.15. The van der Waals surface area contributed by atoms with Gasteiger partial charge in [-0.1, -0.05) is 11.6 Å². The van der Waals surface area contributed by atoms with Gasteiger partial charge in [0.2, 0.25) is 0 Å². The molecule has 0 bridgehead atoms. The molecule has 4 aromatic rings. The average Bonchev–Trinajstić information content (AvgIpc) is 3.33. The van der Waals surface area contributed by atoms with Crippen molar-refractivity contribution >= 4 is 45.9 Å². The first-order chi connectivity index (χ1) is 14.4. The Morgan fingerprint density at radius 1 is 1.10 bits per heavy atom. The van der Waals surface area contributed by atoms with E-state index in [0.717, 1.165) is 37.7 Å². The molecule has 0 saturated carbocycles. The molecule has 0 atom stereocenters. The van der Waals surface area contributed by atoms with Crippen molar-refractivity contribution < 1.29 is 4.79 Å². The van der Waals surface area contributed by atoms with Gasteiger partial charge in [0.25, 0.3) is 5.91 Å². The largest absolute Gasteiger partial charge is 0.311 e. The minimum absolute atomic E-state index is 0.121. The van der Waals surface area contributed by atoms with E-state index in [9.17, 15) is 4.79 Å². The summed E-state index contributed by atoms with van der Waals surface area (Å²) in [6.45, 7) is 4.02. The second-order valence-corrected chi connectivity index (χ2v) is 9.41. The molecule has 0 N–H and O–H groups in total. The number of hydrogen-bond acceptors (Lipinski definition) is 6. The maximum atomic E-state index is 12.7. The second-order valence-electron chi connectivity index (χ2n) is 6.83. The number of aromatic nitrogens is 3. The van der Waals surface area contributed by atoms with Crippen molar-refractivity contribution in [3.8, 4) is 10.6 Å². The van der Waals surface area contributed by atoms with Gasteiger partial charge in [-0.3, -0.25) is 9.78 Å². The molecule has 1 aromatic carbocycles. The van der Waals surface area contributed by atoms with E-state index in [1.54, 1.807) is 53.0 Å². The van der Waals surface area contributed by atoms with Crippen molar-refractivity contribution in [1.82, 2.24) is 15.0 Å². The normalized spacial score (nSPS) is 10.9. The Balaban J connectivity index is 1.45. The Bertz CT molecular complexity index is 1180. The molecule has 30 heavy (non-hydrogen) atoms. The van der Waals surface area contributed by atoms with Gasteiger partial charge < -0.3 is 4.90 Å². The van der Waals surface area contributed by atoms with Gasteiger partial charge in [-0.15, -0.1) is 22.7 Å². The summed E-state index contributed by atoms with van der Waals surface area (Å²) in [5.74, 6) is -0.121. The Morgan fingerprint density at radius 3 is 2.50 bits per heavy atom. The summed E-state index contributed by atoms with van der Waals surface area (Å²) in [5.41, 5.74) is 4.16. The third-order valence-electron chi connectivity index (χ3n) is 4.61. The van der Waals surface area contributed by atoms with Crippen molar-refractivity contribution in [1.29, 1.82) is 0 Å². The van der Waals surface area contributed by atoms with Crippen LogP contribution in [0.4, 0.5) is 5.69 Å². The lowest BCUT2D eigenvalue weighted by Gasteiger charge is -2.17. The first kappa shape index (κ1) is 20.7. The summed E-state index contributed by atoms with van der Waals surface area (Å²) < 4.78 is 0. The zero-order valence-electron chi connectivity index (χ0n) is 16.7. The van der Waals surface area contributed by atoms with Gasteiger partial charge in [0.1, 0.15) is 0 Å². The van der Waals surface area contributed by atoms with Crippen LogP contribution in [0.3, 0.4) is 0 Å². The van der Waals surface area contributed by atoms with E-state index in [4.69, 9.17) is 16.6 Å². The molecule has 0 fully saturated rings. The fourth-order valence-corrected chi connectivity index (χ4v) is 4.93. The number of carbonyl (C=O) groups is 1. The van der Waals surface area contributed by atoms with Crippen molar-refractivity contribution in [3.05, 3.63) is 80.0 Å². The van der Waals surface area contributed by atoms with Gasteiger partial charge in [0.05, 0.1) is 31.8 Å². The minimum atomic E-state index is -0.121. The van der Waals surface area contributed by atoms with E-state index in [1.807, 2.05) is 38.1 Å². The summed E-state index contributed by atoms with van der Waals surface area (Å²) in [5, 5.41) is 4.73. The number of halogens is 1. The van der Waals surface area contributed by atoms with Crippen LogP contribution in [0.5, 0.6) is 0 Å². The minimum Gasteiger partial charge on any atom is -0.311 e. The van der Waals surface area contributed by atoms with E-state index >= 15 is 0 Å². The molecule has 8 heteroatoms. The highest BCUT2D eigenvalue weighted by atomic mass is 35.5. The van der Waals surface area contributed by atoms with Gasteiger partial charge >= 0.3 is 0 Å². The fourth-order valence-electron chi connectivity index (χ4n) is 3.05. The average molecular weight is 455 g/mol. The molecule has 0 unspecified atom stereocenters. The van der Waals surface area contributed by atoms with Crippen LogP contribution in [-0.4, -0.2) is 27.9 Å². The molecule has 4 rings (SSSR count). The molecule has 0 spiro atoms. The van der Waals surface area contributed by atoms with Gasteiger partial charge in [-0.25, -0.2) is 9.97 Å². The SMILES string of the molecule is Cc1nc(C)c(-c2csc(Cc3ccc(C(=O)N(C)c4ccc(Cl)cc4)cn3)n2)s1. The summed E-state index contributed by atoms with van der Waals surface area (Å²) >= 11 is 9.20. The third-order valence-corrected chi connectivity index (χ3v) is 6.81. The first-order valence-electron chi connectivity index (χ1n) is 9.28. The van der Waals surface area contributed by atoms with Gasteiger partial charge in [0.15, 0.2) is 0 Å². The van der Waals surface area contributed by atoms with E-state index in [2.05, 4.69) is 15.3 Å². The zero-order chi connectivity index (χ0) is 21.3. The van der Waals surface area contributed by atoms with Crippen LogP contribution in [-0.2, 0) is 6.42 Å². The van der Waals surface area contributed by atoms with Crippen molar-refractivity contribution in [2.75, 3.05) is 11.9 Å². The molecule has 0 aliphatic rings. The van der Waals surface area contributed by atoms with E-state index in [0.29, 0.717) is 17.0 Å². The lowest BCUT2D eigenvalue weighted by Crippen LogP contribution is -2.26. The second kappa shape index (κ2) is 8.63. The number of pyridine rings is 1. The standard InChI is InChI=1S/C22H19ClN4OS2/c1-13-21(30-14(2)25-13)19-12-29-20(26-19)10-17-7-4-15(11-24-17)22(28)27(3)18-8-5-16(23)6-9-18/h4-9,11-12H,10H2,1-3H3. The molecular formula is C22H19ClN4OS2. The molecule has 3 aromatic heterocycles. The van der Waals surface area contributed by atoms with Crippen LogP contribution in [0.15, 0.2) is 48.0 Å². The number of benzene rings is 1. The number of anilines is 1. The topological polar surface area (TPSA) is 59.0 Å². The number of rotatable bonds is 5. The molecule has 0 radical (unpaired) electrons. The third kappa shape index (κ3) is 4.43. The predicted molar refractivity (Wildman–Crippen MR) is 124 cm³/mol. The number of carbonyl (C=O) groups excluding carboxylic acids is 1. The number of nitrogens with zero attached hydrogens (tertiary/aromatic N) is 4. The monoisotopic (exact) mass is 454 g/mol. The van der Waals surface area contributed by atoms with Crippen LogP contribution in [0.25, 0.3) is 10.6 Å². The Labute approximate surface area is 188 Å². The molecule has 1 amide bonds. The van der Waals surface area contributed by atoms with E-state index in [-0.39, 0.29) is 5.91 Å². The highest BCUT2D eigenvalue weighted by Crippen LogP contribution is 2.31. The van der Waals surface area contributed by atoms with Crippen molar-refractivity contribution in [3.63, 3.8) is 0 Å². The van der Waals surface area contributed by atoms with Gasteiger partial charge in [0, 0.05) is 41.4 Å². The van der Waals surface area contributed by atoms with Crippen molar-refractivity contribution in [2.24, 2.45) is 0 Å². The first-order valence-corrected chi connectivity index (χ1v) is 11.4. The van der Waals surface area contributed by atoms with Crippen LogP contribution in [0.2, 0.25) is 5.02 Å². The summed E-state index contributed by atoms with van der Waals surface area (Å²) in [4.78, 5) is 29.1. The Morgan fingerprint density at radius 2 is 1.87 bits per heavy atom. The predicted octanol–water partition coefficient (Wildman–Crippen LogP) is 5.80. The molecule has 0 aliphatic carbocycles. The molecule has 3 heterocycles. The molecule has 0 saturated heterocycles. The molecule has 0 aliphatic heterocycles. The Kier molecular flexibility index (Phi) is 5.94. The summed E-state index contributed by atoms with van der Waals surface area (Å²) in [7, 11) is 1.74. The van der Waals surface area contributed by atoms with E-state index in [1.165, 1.54) is 0 Å². The quantitative estimate of drug-likeness (QED) is 0.382. The summed E-state index contributed by atoms with van der Waals surface area (Å²) in [6, 6.07) is 10.8. The highest BCUT2D eigenvalue weighted by molar-refractivity contribution is 7.16. The van der Waals surface area contributed by atoms with Crippen LogP contribution >= 0.6 is 34.3 Å². The molecular weight excluding hydrogens is 436 g/mol. The zero-order valence-corrected chi connectivity index (χ0v) is 19.1. The molecule has 152 valence electrons. The van der Waals surface area contributed by atoms with Crippen molar-refractivity contribution in [2.45, 2.75) is 20.3 Å². The smallest absolute Gasteiger partial charge is 0.259 e. The lowest BCUT2D eigenvalue weighted by atomic mass is 10.2. The maximum Gasteiger partial charge on any atom is 0.259 e. The number of hydrogen-bond donors (Lipinski definition) is 0. The number of amides is 1. The van der Waals surface area contributed by atoms with Gasteiger partial charge in [-0.2, -0.15) is 0 Å². The fraction of sp³-hybridized carbons (Fsp3) is 0.182. The van der Waals surface area contributed by atoms with Crippen LogP contribution in [0.1, 0.15) is 31.8 Å². The number of aryl methyl sites for hydroxylation is 2. The number of thiazole rings is 2. The van der Waals surface area contributed by atoms with Crippen LogP contribution in [0, 0.1) is 13.8 Å². The lowest BCUT2D eigenvalue weighted by molar-refractivity contribution is 0.0992. The van der Waals surface area contributed by atoms with Crippen LogP contribution < -0.4 is 4.90 Å².